The van der Waals surface area contributed by atoms with Crippen LogP contribution in [0.25, 0.3) is 11.1 Å². The summed E-state index contributed by atoms with van der Waals surface area (Å²) in [6.45, 7) is 2.43. The highest BCUT2D eigenvalue weighted by Gasteiger charge is 2.09. The van der Waals surface area contributed by atoms with Gasteiger partial charge in [0.2, 0.25) is 5.91 Å². The maximum absolute atomic E-state index is 11.6. The minimum Gasteiger partial charge on any atom is -0.348 e. The molecular formula is C18H22N2O. The first-order valence-electron chi connectivity index (χ1n) is 7.17. The average molecular weight is 282 g/mol. The third kappa shape index (κ3) is 4.17. The standard InChI is InChI=1S/C18H22N2O/c1-14(19-13-18(21)20(2)3)15-9-11-17(12-10-15)16-7-5-4-6-8-16/h4-12,14,19H,13H2,1-3H3. The lowest BCUT2D eigenvalue weighted by atomic mass is 10.0. The van der Waals surface area contributed by atoms with E-state index < -0.39 is 0 Å². The fourth-order valence-electron chi connectivity index (χ4n) is 2.11. The van der Waals surface area contributed by atoms with Crippen LogP contribution in [0.4, 0.5) is 0 Å². The average Bonchev–Trinajstić information content (AvgIpc) is 2.53. The van der Waals surface area contributed by atoms with Crippen molar-refractivity contribution < 1.29 is 4.79 Å². The number of benzene rings is 2. The number of hydrogen-bond acceptors (Lipinski definition) is 2. The van der Waals surface area contributed by atoms with E-state index in [0.29, 0.717) is 6.54 Å². The summed E-state index contributed by atoms with van der Waals surface area (Å²) in [7, 11) is 3.53. The second-order valence-corrected chi connectivity index (χ2v) is 5.38. The molecule has 0 saturated heterocycles. The van der Waals surface area contributed by atoms with Gasteiger partial charge >= 0.3 is 0 Å². The van der Waals surface area contributed by atoms with E-state index >= 15 is 0 Å². The Bertz CT molecular complexity index is 576. The largest absolute Gasteiger partial charge is 0.348 e. The Morgan fingerprint density at radius 3 is 2.14 bits per heavy atom. The number of likely N-dealkylation sites (N-methyl/N-ethyl adjacent to an activating group) is 1. The van der Waals surface area contributed by atoms with E-state index in [1.807, 2.05) is 18.2 Å². The summed E-state index contributed by atoms with van der Waals surface area (Å²) in [6.07, 6.45) is 0. The minimum absolute atomic E-state index is 0.0859. The topological polar surface area (TPSA) is 32.3 Å². The van der Waals surface area contributed by atoms with Crippen LogP contribution in [0.2, 0.25) is 0 Å². The molecule has 0 aliphatic carbocycles. The molecule has 2 rings (SSSR count). The van der Waals surface area contributed by atoms with E-state index in [4.69, 9.17) is 0 Å². The summed E-state index contributed by atoms with van der Waals surface area (Å²) in [6, 6.07) is 18.9. The van der Waals surface area contributed by atoms with E-state index in [9.17, 15) is 4.79 Å². The van der Waals surface area contributed by atoms with Gasteiger partial charge in [0.1, 0.15) is 0 Å². The number of nitrogens with one attached hydrogen (secondary N) is 1. The molecule has 0 aromatic heterocycles. The van der Waals surface area contributed by atoms with Crippen LogP contribution in [0.1, 0.15) is 18.5 Å². The molecule has 1 unspecified atom stereocenters. The van der Waals surface area contributed by atoms with Gasteiger partial charge in [0.05, 0.1) is 6.54 Å². The lowest BCUT2D eigenvalue weighted by molar-refractivity contribution is -0.127. The van der Waals surface area contributed by atoms with E-state index in [-0.39, 0.29) is 11.9 Å². The van der Waals surface area contributed by atoms with Crippen molar-refractivity contribution in [2.45, 2.75) is 13.0 Å². The van der Waals surface area contributed by atoms with Crippen molar-refractivity contribution in [2.75, 3.05) is 20.6 Å². The smallest absolute Gasteiger partial charge is 0.236 e. The SMILES string of the molecule is CC(NCC(=O)N(C)C)c1ccc(-c2ccccc2)cc1. The zero-order chi connectivity index (χ0) is 15.2. The Morgan fingerprint density at radius 1 is 1.00 bits per heavy atom. The monoisotopic (exact) mass is 282 g/mol. The van der Waals surface area contributed by atoms with Crippen LogP contribution in [0.15, 0.2) is 54.6 Å². The van der Waals surface area contributed by atoms with Crippen molar-refractivity contribution in [3.8, 4) is 11.1 Å². The van der Waals surface area contributed by atoms with Gasteiger partial charge in [-0.3, -0.25) is 4.79 Å². The zero-order valence-corrected chi connectivity index (χ0v) is 12.8. The quantitative estimate of drug-likeness (QED) is 0.914. The number of rotatable bonds is 5. The van der Waals surface area contributed by atoms with Crippen molar-refractivity contribution in [1.82, 2.24) is 10.2 Å². The van der Waals surface area contributed by atoms with Gasteiger partial charge in [-0.15, -0.1) is 0 Å². The first-order valence-corrected chi connectivity index (χ1v) is 7.17. The summed E-state index contributed by atoms with van der Waals surface area (Å²) in [4.78, 5) is 13.2. The first-order chi connectivity index (χ1) is 10.1. The Labute approximate surface area is 126 Å². The molecule has 3 nitrogen and oxygen atoms in total. The van der Waals surface area contributed by atoms with Gasteiger partial charge in [0.25, 0.3) is 0 Å². The van der Waals surface area contributed by atoms with Gasteiger partial charge in [0, 0.05) is 20.1 Å². The van der Waals surface area contributed by atoms with Gasteiger partial charge in [-0.25, -0.2) is 0 Å². The van der Waals surface area contributed by atoms with Gasteiger partial charge in [-0.2, -0.15) is 0 Å². The number of amides is 1. The third-order valence-corrected chi connectivity index (χ3v) is 3.58. The van der Waals surface area contributed by atoms with Gasteiger partial charge in [-0.05, 0) is 23.6 Å². The number of hydrogen-bond donors (Lipinski definition) is 1. The summed E-state index contributed by atoms with van der Waals surface area (Å²) >= 11 is 0. The Kier molecular flexibility index (Phi) is 5.12. The molecule has 0 bridgehead atoms. The fraction of sp³-hybridized carbons (Fsp3) is 0.278. The molecule has 1 amide bonds. The molecule has 0 heterocycles. The maximum Gasteiger partial charge on any atom is 0.236 e. The molecule has 110 valence electrons. The fourth-order valence-corrected chi connectivity index (χ4v) is 2.11. The number of carbonyl (C=O) groups is 1. The molecule has 2 aromatic carbocycles. The lowest BCUT2D eigenvalue weighted by Gasteiger charge is -2.16. The molecule has 21 heavy (non-hydrogen) atoms. The predicted molar refractivity (Wildman–Crippen MR) is 87.0 cm³/mol. The molecule has 0 fully saturated rings. The van der Waals surface area contributed by atoms with Crippen LogP contribution >= 0.6 is 0 Å². The van der Waals surface area contributed by atoms with Crippen LogP contribution in [0, 0.1) is 0 Å². The van der Waals surface area contributed by atoms with Crippen molar-refractivity contribution >= 4 is 5.91 Å². The predicted octanol–water partition coefficient (Wildman–Crippen LogP) is 3.09. The maximum atomic E-state index is 11.6. The molecule has 1 atom stereocenters. The highest BCUT2D eigenvalue weighted by molar-refractivity contribution is 5.77. The van der Waals surface area contributed by atoms with Crippen molar-refractivity contribution in [3.05, 3.63) is 60.2 Å². The highest BCUT2D eigenvalue weighted by Crippen LogP contribution is 2.21. The van der Waals surface area contributed by atoms with Crippen LogP contribution in [-0.4, -0.2) is 31.4 Å². The van der Waals surface area contributed by atoms with Gasteiger partial charge in [-0.1, -0.05) is 54.6 Å². The van der Waals surface area contributed by atoms with E-state index in [0.717, 1.165) is 0 Å². The van der Waals surface area contributed by atoms with Crippen LogP contribution in [0.3, 0.4) is 0 Å². The first kappa shape index (κ1) is 15.3. The van der Waals surface area contributed by atoms with E-state index in [1.54, 1.807) is 19.0 Å². The molecule has 3 heteroatoms. The molecular weight excluding hydrogens is 260 g/mol. The molecule has 0 aliphatic rings. The summed E-state index contributed by atoms with van der Waals surface area (Å²) in [5.41, 5.74) is 3.60. The molecule has 2 aromatic rings. The summed E-state index contributed by atoms with van der Waals surface area (Å²) in [5, 5.41) is 3.25. The Morgan fingerprint density at radius 2 is 1.57 bits per heavy atom. The molecule has 0 spiro atoms. The Balaban J connectivity index is 2.00. The highest BCUT2D eigenvalue weighted by atomic mass is 16.2. The molecule has 0 aliphatic heterocycles. The number of nitrogens with zero attached hydrogens (tertiary/aromatic N) is 1. The van der Waals surface area contributed by atoms with E-state index in [2.05, 4.69) is 48.6 Å². The normalized spacial score (nSPS) is 12.0. The van der Waals surface area contributed by atoms with Crippen LogP contribution < -0.4 is 5.32 Å². The molecule has 1 N–H and O–H groups in total. The second kappa shape index (κ2) is 7.04. The van der Waals surface area contributed by atoms with E-state index in [1.165, 1.54) is 16.7 Å². The Hall–Kier alpha value is -2.13. The summed E-state index contributed by atoms with van der Waals surface area (Å²) < 4.78 is 0. The minimum atomic E-state index is 0.0859. The number of carbonyl (C=O) groups excluding carboxylic acids is 1. The van der Waals surface area contributed by atoms with Gasteiger partial charge in [0.15, 0.2) is 0 Å². The zero-order valence-electron chi connectivity index (χ0n) is 12.8. The second-order valence-electron chi connectivity index (χ2n) is 5.38. The lowest BCUT2D eigenvalue weighted by Crippen LogP contribution is -2.34. The third-order valence-electron chi connectivity index (χ3n) is 3.58. The van der Waals surface area contributed by atoms with Crippen LogP contribution in [0.5, 0.6) is 0 Å². The van der Waals surface area contributed by atoms with Crippen molar-refractivity contribution in [2.24, 2.45) is 0 Å². The van der Waals surface area contributed by atoms with Gasteiger partial charge < -0.3 is 10.2 Å². The summed E-state index contributed by atoms with van der Waals surface area (Å²) in [5.74, 6) is 0.0859. The molecule has 0 radical (unpaired) electrons. The van der Waals surface area contributed by atoms with Crippen LogP contribution in [-0.2, 0) is 4.79 Å². The molecule has 0 saturated carbocycles. The van der Waals surface area contributed by atoms with Crippen molar-refractivity contribution in [3.63, 3.8) is 0 Å². The van der Waals surface area contributed by atoms with Crippen molar-refractivity contribution in [1.29, 1.82) is 0 Å².